The van der Waals surface area contributed by atoms with Gasteiger partial charge in [0.25, 0.3) is 0 Å². The molecule has 3 N–H and O–H groups in total. The van der Waals surface area contributed by atoms with E-state index in [1.807, 2.05) is 0 Å². The molecule has 0 unspecified atom stereocenters. The van der Waals surface area contributed by atoms with E-state index in [0.717, 1.165) is 11.6 Å². The molecule has 0 heterocycles. The van der Waals surface area contributed by atoms with Gasteiger partial charge in [-0.1, -0.05) is 5.57 Å². The van der Waals surface area contributed by atoms with Crippen molar-refractivity contribution in [2.24, 2.45) is 5.73 Å². The van der Waals surface area contributed by atoms with Gasteiger partial charge in [0.15, 0.2) is 5.75 Å². The summed E-state index contributed by atoms with van der Waals surface area (Å²) >= 11 is 0. The fraction of sp³-hybridized carbons (Fsp3) is 0.250. The molecule has 0 aliphatic rings. The first-order chi connectivity index (χ1) is 8.36. The Hall–Kier alpha value is -2.10. The Kier molecular flexibility index (Phi) is 5.99. The van der Waals surface area contributed by atoms with E-state index in [-0.39, 0.29) is 23.5 Å². The Bertz CT molecular complexity index is 552. The van der Waals surface area contributed by atoms with Crippen molar-refractivity contribution in [3.05, 3.63) is 45.5 Å². The van der Waals surface area contributed by atoms with E-state index in [1.165, 1.54) is 6.07 Å². The Balaban J connectivity index is 0.00000324. The van der Waals surface area contributed by atoms with Gasteiger partial charge in [-0.25, -0.2) is 0 Å². The second-order valence-corrected chi connectivity index (χ2v) is 4.07. The van der Waals surface area contributed by atoms with Gasteiger partial charge in [-0.3, -0.25) is 10.1 Å². The molecule has 1 aromatic rings. The minimum atomic E-state index is -0.743. The number of nitrogens with two attached hydrogens (primary N) is 1. The van der Waals surface area contributed by atoms with Crippen LogP contribution in [0.4, 0.5) is 5.69 Å². The molecule has 0 spiro atoms. The van der Waals surface area contributed by atoms with E-state index in [9.17, 15) is 15.2 Å². The molecule has 0 aromatic heterocycles. The number of hydrogen-bond donors (Lipinski definition) is 2. The van der Waals surface area contributed by atoms with E-state index in [2.05, 4.69) is 6.58 Å². The smallest absolute Gasteiger partial charge is 0.312 e. The van der Waals surface area contributed by atoms with Crippen molar-refractivity contribution < 1.29 is 10.0 Å². The molecule has 0 bridgehead atoms. The van der Waals surface area contributed by atoms with Gasteiger partial charge in [0.05, 0.1) is 16.6 Å². The number of nitriles is 1. The zero-order valence-corrected chi connectivity index (χ0v) is 11.1. The third-order valence-corrected chi connectivity index (χ3v) is 2.41. The fourth-order valence-corrected chi connectivity index (χ4v) is 1.61. The SMILES string of the molecule is C=C(C)C[C@@H](N)c1cc(C#N)cc([N+](=O)[O-])c1O.Cl. The molecule has 0 aliphatic heterocycles. The zero-order valence-electron chi connectivity index (χ0n) is 10.3. The summed E-state index contributed by atoms with van der Waals surface area (Å²) < 4.78 is 0. The first kappa shape index (κ1) is 16.9. The lowest BCUT2D eigenvalue weighted by Crippen LogP contribution is -2.11. The number of phenolic OH excluding ortho intramolecular Hbond substituents is 1. The zero-order chi connectivity index (χ0) is 13.9. The molecule has 102 valence electrons. The topological polar surface area (TPSA) is 113 Å². The molecule has 1 atom stereocenters. The summed E-state index contributed by atoms with van der Waals surface area (Å²) in [4.78, 5) is 10.0. The minimum Gasteiger partial charge on any atom is -0.502 e. The third kappa shape index (κ3) is 3.95. The number of rotatable bonds is 4. The average molecular weight is 284 g/mol. The van der Waals surface area contributed by atoms with Crippen molar-refractivity contribution >= 4 is 18.1 Å². The van der Waals surface area contributed by atoms with Gasteiger partial charge in [-0.2, -0.15) is 5.26 Å². The Morgan fingerprint density at radius 1 is 1.68 bits per heavy atom. The first-order valence-corrected chi connectivity index (χ1v) is 5.18. The highest BCUT2D eigenvalue weighted by Gasteiger charge is 2.22. The van der Waals surface area contributed by atoms with Crippen LogP contribution >= 0.6 is 12.4 Å². The van der Waals surface area contributed by atoms with Gasteiger partial charge >= 0.3 is 5.69 Å². The predicted octanol–water partition coefficient (Wildman–Crippen LogP) is 2.56. The molecule has 0 aliphatic carbocycles. The Morgan fingerprint density at radius 2 is 2.26 bits per heavy atom. The van der Waals surface area contributed by atoms with Crippen molar-refractivity contribution in [3.8, 4) is 11.8 Å². The van der Waals surface area contributed by atoms with Crippen molar-refractivity contribution in [3.63, 3.8) is 0 Å². The van der Waals surface area contributed by atoms with Crippen LogP contribution in [0.25, 0.3) is 0 Å². The maximum Gasteiger partial charge on any atom is 0.312 e. The summed E-state index contributed by atoms with van der Waals surface area (Å²) in [5.41, 5.74) is 6.38. The maximum absolute atomic E-state index is 10.8. The fourth-order valence-electron chi connectivity index (χ4n) is 1.61. The molecule has 0 saturated carbocycles. The minimum absolute atomic E-state index is 0. The highest BCUT2D eigenvalue weighted by Crippen LogP contribution is 2.35. The number of nitro groups is 1. The van der Waals surface area contributed by atoms with Crippen LogP contribution in [0.5, 0.6) is 5.75 Å². The largest absolute Gasteiger partial charge is 0.502 e. The molecule has 0 amide bonds. The number of benzene rings is 1. The van der Waals surface area contributed by atoms with Crippen LogP contribution in [-0.4, -0.2) is 10.0 Å². The molecule has 7 heteroatoms. The normalized spacial score (nSPS) is 11.0. The Labute approximate surface area is 116 Å². The summed E-state index contributed by atoms with van der Waals surface area (Å²) in [6.07, 6.45) is 0.375. The monoisotopic (exact) mass is 283 g/mol. The van der Waals surface area contributed by atoms with E-state index < -0.39 is 22.4 Å². The molecule has 1 rings (SSSR count). The summed E-state index contributed by atoms with van der Waals surface area (Å²) in [5, 5.41) is 29.4. The van der Waals surface area contributed by atoms with Crippen LogP contribution in [0.3, 0.4) is 0 Å². The molecular weight excluding hydrogens is 270 g/mol. The molecule has 1 aromatic carbocycles. The standard InChI is InChI=1S/C12H13N3O3.ClH/c1-7(2)3-10(14)9-4-8(6-13)5-11(12(9)16)15(17)18;/h4-5,10,16H,1,3,14H2,2H3;1H/t10-;/m1./s1. The van der Waals surface area contributed by atoms with Crippen molar-refractivity contribution in [2.75, 3.05) is 0 Å². The van der Waals surface area contributed by atoms with Crippen LogP contribution in [0.15, 0.2) is 24.3 Å². The van der Waals surface area contributed by atoms with Crippen molar-refractivity contribution in [1.82, 2.24) is 0 Å². The third-order valence-electron chi connectivity index (χ3n) is 2.41. The predicted molar refractivity (Wildman–Crippen MR) is 73.1 cm³/mol. The first-order valence-electron chi connectivity index (χ1n) is 5.18. The lowest BCUT2D eigenvalue weighted by molar-refractivity contribution is -0.386. The van der Waals surface area contributed by atoms with Crippen molar-refractivity contribution in [1.29, 1.82) is 5.26 Å². The van der Waals surface area contributed by atoms with Gasteiger partial charge < -0.3 is 10.8 Å². The van der Waals surface area contributed by atoms with E-state index in [1.54, 1.807) is 13.0 Å². The molecule has 6 nitrogen and oxygen atoms in total. The van der Waals surface area contributed by atoms with Crippen molar-refractivity contribution in [2.45, 2.75) is 19.4 Å². The summed E-state index contributed by atoms with van der Waals surface area (Å²) in [6.45, 7) is 5.45. The number of nitrogens with zero attached hydrogens (tertiary/aromatic N) is 2. The highest BCUT2D eigenvalue weighted by atomic mass is 35.5. The van der Waals surface area contributed by atoms with E-state index >= 15 is 0 Å². The molecule has 0 radical (unpaired) electrons. The second kappa shape index (κ2) is 6.73. The van der Waals surface area contributed by atoms with Crippen LogP contribution in [-0.2, 0) is 0 Å². The highest BCUT2D eigenvalue weighted by molar-refractivity contribution is 5.85. The van der Waals surface area contributed by atoms with Crippen LogP contribution in [0, 0.1) is 21.4 Å². The lowest BCUT2D eigenvalue weighted by Gasteiger charge is -2.13. The van der Waals surface area contributed by atoms with Crippen LogP contribution in [0.1, 0.15) is 30.5 Å². The van der Waals surface area contributed by atoms with Crippen LogP contribution < -0.4 is 5.73 Å². The number of hydrogen-bond acceptors (Lipinski definition) is 5. The van der Waals surface area contributed by atoms with Gasteiger partial charge in [-0.05, 0) is 19.4 Å². The molecule has 0 saturated heterocycles. The summed E-state index contributed by atoms with van der Waals surface area (Å²) in [7, 11) is 0. The Morgan fingerprint density at radius 3 is 2.68 bits per heavy atom. The molecular formula is C12H14ClN3O3. The van der Waals surface area contributed by atoms with Gasteiger partial charge in [0.1, 0.15) is 0 Å². The second-order valence-electron chi connectivity index (χ2n) is 4.07. The summed E-state index contributed by atoms with van der Waals surface area (Å²) in [6, 6.07) is 3.55. The molecule has 19 heavy (non-hydrogen) atoms. The number of aromatic hydroxyl groups is 1. The van der Waals surface area contributed by atoms with Gasteiger partial charge in [0, 0.05) is 17.7 Å². The number of halogens is 1. The summed E-state index contributed by atoms with van der Waals surface area (Å²) in [5.74, 6) is -0.493. The van der Waals surface area contributed by atoms with E-state index in [4.69, 9.17) is 11.0 Å². The maximum atomic E-state index is 10.8. The van der Waals surface area contributed by atoms with E-state index in [0.29, 0.717) is 6.42 Å². The van der Waals surface area contributed by atoms with Gasteiger partial charge in [-0.15, -0.1) is 19.0 Å². The molecule has 0 fully saturated rings. The number of phenols is 1. The quantitative estimate of drug-likeness (QED) is 0.501. The van der Waals surface area contributed by atoms with Gasteiger partial charge in [0.2, 0.25) is 0 Å². The number of nitro benzene ring substituents is 1. The lowest BCUT2D eigenvalue weighted by atomic mass is 9.97. The average Bonchev–Trinajstić information content (AvgIpc) is 2.27. The van der Waals surface area contributed by atoms with Crippen LogP contribution in [0.2, 0.25) is 0 Å².